The number of benzene rings is 1. The average molecular weight is 256 g/mol. The van der Waals surface area contributed by atoms with Gasteiger partial charge in [-0.1, -0.05) is 6.07 Å². The lowest BCUT2D eigenvalue weighted by Gasteiger charge is -2.25. The fourth-order valence-corrected chi connectivity index (χ4v) is 2.63. The lowest BCUT2D eigenvalue weighted by molar-refractivity contribution is -0.107. The predicted octanol–water partition coefficient (Wildman–Crippen LogP) is 1.86. The SMILES string of the molecule is COCc1cn(-c2ccc(CC=O)c3c2CC3)cn1. The van der Waals surface area contributed by atoms with Crippen LogP contribution in [0.5, 0.6) is 0 Å². The van der Waals surface area contributed by atoms with E-state index < -0.39 is 0 Å². The van der Waals surface area contributed by atoms with Crippen LogP contribution in [0.4, 0.5) is 0 Å². The highest BCUT2D eigenvalue weighted by molar-refractivity contribution is 5.62. The molecule has 2 aromatic rings. The molecule has 0 bridgehead atoms. The summed E-state index contributed by atoms with van der Waals surface area (Å²) < 4.78 is 7.12. The van der Waals surface area contributed by atoms with Crippen molar-refractivity contribution in [3.05, 3.63) is 47.0 Å². The van der Waals surface area contributed by atoms with Crippen molar-refractivity contribution in [3.63, 3.8) is 0 Å². The molecule has 1 aromatic heterocycles. The van der Waals surface area contributed by atoms with E-state index in [-0.39, 0.29) is 0 Å². The summed E-state index contributed by atoms with van der Waals surface area (Å²) in [5, 5.41) is 0. The van der Waals surface area contributed by atoms with Crippen LogP contribution in [0.25, 0.3) is 5.69 Å². The number of hydrogen-bond donors (Lipinski definition) is 0. The van der Waals surface area contributed by atoms with Crippen LogP contribution in [0.2, 0.25) is 0 Å². The van der Waals surface area contributed by atoms with Gasteiger partial charge in [0.25, 0.3) is 0 Å². The van der Waals surface area contributed by atoms with Crippen LogP contribution >= 0.6 is 0 Å². The third-order valence-electron chi connectivity index (χ3n) is 3.64. The van der Waals surface area contributed by atoms with E-state index in [1.165, 1.54) is 16.8 Å². The molecule has 0 radical (unpaired) electrons. The van der Waals surface area contributed by atoms with Crippen molar-refractivity contribution in [2.45, 2.75) is 25.9 Å². The van der Waals surface area contributed by atoms with E-state index in [4.69, 9.17) is 4.74 Å². The summed E-state index contributed by atoms with van der Waals surface area (Å²) >= 11 is 0. The monoisotopic (exact) mass is 256 g/mol. The molecule has 0 spiro atoms. The molecule has 19 heavy (non-hydrogen) atoms. The van der Waals surface area contributed by atoms with Gasteiger partial charge in [-0.3, -0.25) is 0 Å². The summed E-state index contributed by atoms with van der Waals surface area (Å²) in [6.07, 6.45) is 7.46. The van der Waals surface area contributed by atoms with Crippen molar-refractivity contribution >= 4 is 6.29 Å². The molecule has 0 saturated carbocycles. The number of fused-ring (bicyclic) bond motifs is 1. The molecule has 4 nitrogen and oxygen atoms in total. The molecule has 98 valence electrons. The molecule has 1 aromatic carbocycles. The van der Waals surface area contributed by atoms with E-state index in [1.54, 1.807) is 7.11 Å². The Balaban J connectivity index is 1.97. The summed E-state index contributed by atoms with van der Waals surface area (Å²) in [6.45, 7) is 0.526. The van der Waals surface area contributed by atoms with Gasteiger partial charge in [-0.15, -0.1) is 0 Å². The molecular formula is C15H16N2O2. The second-order valence-corrected chi connectivity index (χ2v) is 4.78. The van der Waals surface area contributed by atoms with E-state index in [1.807, 2.05) is 17.1 Å². The maximum Gasteiger partial charge on any atom is 0.124 e. The van der Waals surface area contributed by atoms with E-state index in [2.05, 4.69) is 17.1 Å². The number of aldehydes is 1. The van der Waals surface area contributed by atoms with Crippen molar-refractivity contribution in [2.24, 2.45) is 0 Å². The lowest BCUT2D eigenvalue weighted by atomic mass is 9.82. The highest BCUT2D eigenvalue weighted by atomic mass is 16.5. The normalized spacial score (nSPS) is 12.9. The molecule has 0 aliphatic heterocycles. The summed E-state index contributed by atoms with van der Waals surface area (Å²) in [5.41, 5.74) is 5.95. The minimum absolute atomic E-state index is 0.515. The Morgan fingerprint density at radius 1 is 1.37 bits per heavy atom. The van der Waals surface area contributed by atoms with Crippen molar-refractivity contribution in [1.82, 2.24) is 9.55 Å². The largest absolute Gasteiger partial charge is 0.378 e. The number of carbonyl (C=O) groups excluding carboxylic acids is 1. The molecule has 1 aliphatic carbocycles. The highest BCUT2D eigenvalue weighted by Gasteiger charge is 2.21. The summed E-state index contributed by atoms with van der Waals surface area (Å²) in [4.78, 5) is 15.0. The minimum atomic E-state index is 0.515. The van der Waals surface area contributed by atoms with E-state index in [0.717, 1.165) is 30.4 Å². The van der Waals surface area contributed by atoms with E-state index >= 15 is 0 Å². The average Bonchev–Trinajstić information content (AvgIpc) is 2.80. The Labute approximate surface area is 112 Å². The first-order chi connectivity index (χ1) is 9.33. The minimum Gasteiger partial charge on any atom is -0.378 e. The lowest BCUT2D eigenvalue weighted by Crippen LogP contribution is -2.16. The summed E-state index contributed by atoms with van der Waals surface area (Å²) in [5.74, 6) is 0. The van der Waals surface area contributed by atoms with Gasteiger partial charge in [0, 0.05) is 25.4 Å². The van der Waals surface area contributed by atoms with Crippen molar-refractivity contribution in [2.75, 3.05) is 7.11 Å². The predicted molar refractivity (Wildman–Crippen MR) is 71.5 cm³/mol. The van der Waals surface area contributed by atoms with Crippen LogP contribution < -0.4 is 0 Å². The van der Waals surface area contributed by atoms with E-state index in [0.29, 0.717) is 13.0 Å². The molecule has 0 saturated heterocycles. The van der Waals surface area contributed by atoms with Crippen molar-refractivity contribution < 1.29 is 9.53 Å². The second kappa shape index (κ2) is 4.97. The van der Waals surface area contributed by atoms with Gasteiger partial charge in [-0.25, -0.2) is 4.98 Å². The van der Waals surface area contributed by atoms with Crippen LogP contribution in [0.1, 0.15) is 22.4 Å². The van der Waals surface area contributed by atoms with Gasteiger partial charge in [0.05, 0.1) is 18.6 Å². The summed E-state index contributed by atoms with van der Waals surface area (Å²) in [6, 6.07) is 4.13. The Morgan fingerprint density at radius 2 is 2.21 bits per heavy atom. The molecule has 0 atom stereocenters. The molecule has 0 N–H and O–H groups in total. The number of carbonyl (C=O) groups is 1. The fourth-order valence-electron chi connectivity index (χ4n) is 2.63. The summed E-state index contributed by atoms with van der Waals surface area (Å²) in [7, 11) is 1.67. The van der Waals surface area contributed by atoms with Crippen molar-refractivity contribution in [3.8, 4) is 5.69 Å². The smallest absolute Gasteiger partial charge is 0.124 e. The Kier molecular flexibility index (Phi) is 3.17. The third-order valence-corrected chi connectivity index (χ3v) is 3.64. The maximum absolute atomic E-state index is 10.7. The van der Waals surface area contributed by atoms with Crippen LogP contribution in [0.15, 0.2) is 24.7 Å². The van der Waals surface area contributed by atoms with Gasteiger partial charge >= 0.3 is 0 Å². The number of hydrogen-bond acceptors (Lipinski definition) is 3. The number of aromatic nitrogens is 2. The number of imidazole rings is 1. The first-order valence-electron chi connectivity index (χ1n) is 6.43. The molecule has 1 heterocycles. The molecule has 3 rings (SSSR count). The molecule has 0 unspecified atom stereocenters. The van der Waals surface area contributed by atoms with Gasteiger partial charge in [-0.05, 0) is 35.6 Å². The highest BCUT2D eigenvalue weighted by Crippen LogP contribution is 2.32. The van der Waals surface area contributed by atoms with Gasteiger partial charge in [0.1, 0.15) is 6.29 Å². The number of methoxy groups -OCH3 is 1. The third kappa shape index (κ3) is 2.08. The van der Waals surface area contributed by atoms with Crippen LogP contribution in [-0.4, -0.2) is 22.9 Å². The number of rotatable bonds is 5. The maximum atomic E-state index is 10.7. The first-order valence-corrected chi connectivity index (χ1v) is 6.43. The Bertz CT molecular complexity index is 617. The van der Waals surface area contributed by atoms with Gasteiger partial charge in [-0.2, -0.15) is 0 Å². The zero-order valence-electron chi connectivity index (χ0n) is 10.9. The Morgan fingerprint density at radius 3 is 2.89 bits per heavy atom. The first kappa shape index (κ1) is 12.1. The molecule has 4 heteroatoms. The molecule has 0 amide bonds. The number of nitrogens with zero attached hydrogens (tertiary/aromatic N) is 2. The van der Waals surface area contributed by atoms with Gasteiger partial charge in [0.2, 0.25) is 0 Å². The van der Waals surface area contributed by atoms with Crippen LogP contribution in [-0.2, 0) is 35.4 Å². The zero-order chi connectivity index (χ0) is 13.2. The van der Waals surface area contributed by atoms with Gasteiger partial charge in [0.15, 0.2) is 0 Å². The standard InChI is InChI=1S/C15H16N2O2/c1-19-9-12-8-17(10-16-12)15-5-2-11(6-7-18)13-3-4-14(13)15/h2,5,7-8,10H,3-4,6,9H2,1H3. The van der Waals surface area contributed by atoms with Gasteiger partial charge < -0.3 is 14.1 Å². The Hall–Kier alpha value is -1.94. The molecule has 1 aliphatic rings. The fraction of sp³-hybridized carbons (Fsp3) is 0.333. The van der Waals surface area contributed by atoms with Crippen molar-refractivity contribution in [1.29, 1.82) is 0 Å². The van der Waals surface area contributed by atoms with Crippen LogP contribution in [0.3, 0.4) is 0 Å². The molecule has 0 fully saturated rings. The zero-order valence-corrected chi connectivity index (χ0v) is 10.9. The molecular weight excluding hydrogens is 240 g/mol. The second-order valence-electron chi connectivity index (χ2n) is 4.78. The van der Waals surface area contributed by atoms with Crippen LogP contribution in [0, 0.1) is 0 Å². The number of ether oxygens (including phenoxy) is 1. The quantitative estimate of drug-likeness (QED) is 0.767. The topological polar surface area (TPSA) is 44.1 Å². The van der Waals surface area contributed by atoms with E-state index in [9.17, 15) is 4.79 Å².